The molecule has 3 aliphatic heterocycles. The van der Waals surface area contributed by atoms with Gasteiger partial charge in [-0.25, -0.2) is 9.79 Å². The molecular weight excluding hydrogens is 364 g/mol. The minimum absolute atomic E-state index is 0.0821. The summed E-state index contributed by atoms with van der Waals surface area (Å²) in [4.78, 5) is 27.8. The summed E-state index contributed by atoms with van der Waals surface area (Å²) < 4.78 is 0. The lowest BCUT2D eigenvalue weighted by molar-refractivity contribution is 0.166. The van der Waals surface area contributed by atoms with E-state index in [4.69, 9.17) is 11.6 Å². The fourth-order valence-corrected chi connectivity index (χ4v) is 3.69. The van der Waals surface area contributed by atoms with E-state index in [1.54, 1.807) is 6.07 Å². The molecule has 3 aliphatic rings. The molecule has 7 nitrogen and oxygen atoms in total. The molecule has 1 saturated heterocycles. The molecule has 27 heavy (non-hydrogen) atoms. The summed E-state index contributed by atoms with van der Waals surface area (Å²) in [5.41, 5.74) is 1.74. The summed E-state index contributed by atoms with van der Waals surface area (Å²) in [7, 11) is 0. The first kappa shape index (κ1) is 17.9. The van der Waals surface area contributed by atoms with Crippen LogP contribution in [0.2, 0.25) is 5.02 Å². The average Bonchev–Trinajstić information content (AvgIpc) is 3.04. The van der Waals surface area contributed by atoms with Gasteiger partial charge < -0.3 is 20.0 Å². The van der Waals surface area contributed by atoms with Crippen molar-refractivity contribution in [1.29, 1.82) is 0 Å². The number of anilines is 1. The molecule has 0 bridgehead atoms. The number of piperazine rings is 1. The zero-order valence-corrected chi connectivity index (χ0v) is 16.3. The number of amidine groups is 1. The van der Waals surface area contributed by atoms with Gasteiger partial charge in [0.05, 0.1) is 18.9 Å². The molecule has 4 rings (SSSR count). The summed E-state index contributed by atoms with van der Waals surface area (Å²) in [5, 5.41) is 3.64. The van der Waals surface area contributed by atoms with Gasteiger partial charge in [0.2, 0.25) is 0 Å². The number of urea groups is 1. The van der Waals surface area contributed by atoms with Crippen LogP contribution in [0.4, 0.5) is 10.5 Å². The number of aryl methyl sites for hydroxylation is 1. The monoisotopic (exact) mass is 386 g/mol. The standard InChI is InChI=1S/C19H23ClN6O/c1-13-9-15(20)3-4-16(13)23-19(27)25-7-5-24(6-8-25)17-10-18-21-11-14(2)26(18)12-22-17/h3-4,9-10,12,14H,5-8,11H2,1-2H3,(H,23,27)/t14-/m0/s1. The summed E-state index contributed by atoms with van der Waals surface area (Å²) in [5.74, 6) is 1.90. The molecule has 3 heterocycles. The SMILES string of the molecule is Cc1cc(Cl)ccc1NC(=O)N1CCN(C2=CC3=NC[C@H](C)N3C=N2)CC1. The van der Waals surface area contributed by atoms with E-state index in [1.807, 2.05) is 36.4 Å². The van der Waals surface area contributed by atoms with Crippen molar-refractivity contribution < 1.29 is 4.79 Å². The second-order valence-electron chi connectivity index (χ2n) is 7.07. The van der Waals surface area contributed by atoms with Crippen LogP contribution in [0.3, 0.4) is 0 Å². The maximum Gasteiger partial charge on any atom is 0.321 e. The average molecular weight is 387 g/mol. The lowest BCUT2D eigenvalue weighted by atomic mass is 10.2. The predicted octanol–water partition coefficient (Wildman–Crippen LogP) is 2.78. The fourth-order valence-electron chi connectivity index (χ4n) is 3.46. The molecule has 142 valence electrons. The molecule has 0 saturated carbocycles. The molecule has 1 aromatic rings. The van der Waals surface area contributed by atoms with Gasteiger partial charge in [-0.1, -0.05) is 11.6 Å². The molecule has 0 unspecified atom stereocenters. The van der Waals surface area contributed by atoms with Gasteiger partial charge in [0, 0.05) is 43.0 Å². The maximum absolute atomic E-state index is 12.6. The predicted molar refractivity (Wildman–Crippen MR) is 109 cm³/mol. The Morgan fingerprint density at radius 3 is 2.78 bits per heavy atom. The number of halogens is 1. The topological polar surface area (TPSA) is 63.5 Å². The Kier molecular flexibility index (Phi) is 4.78. The molecule has 1 fully saturated rings. The second kappa shape index (κ2) is 7.23. The number of amides is 2. The smallest absolute Gasteiger partial charge is 0.321 e. The third-order valence-corrected chi connectivity index (χ3v) is 5.39. The lowest BCUT2D eigenvalue weighted by Gasteiger charge is -2.37. The Morgan fingerprint density at radius 2 is 2.04 bits per heavy atom. The minimum atomic E-state index is -0.0821. The highest BCUT2D eigenvalue weighted by Crippen LogP contribution is 2.21. The number of aliphatic imine (C=N–C) groups is 2. The Balaban J connectivity index is 1.34. The highest BCUT2D eigenvalue weighted by atomic mass is 35.5. The number of carbonyl (C=O) groups excluding carboxylic acids is 1. The van der Waals surface area contributed by atoms with Gasteiger partial charge in [0.1, 0.15) is 11.7 Å². The van der Waals surface area contributed by atoms with E-state index in [1.165, 1.54) is 0 Å². The van der Waals surface area contributed by atoms with Gasteiger partial charge >= 0.3 is 6.03 Å². The van der Waals surface area contributed by atoms with E-state index in [0.717, 1.165) is 42.5 Å². The molecule has 2 amide bonds. The van der Waals surface area contributed by atoms with Crippen LogP contribution in [0.1, 0.15) is 12.5 Å². The number of carbonyl (C=O) groups is 1. The van der Waals surface area contributed by atoms with Crippen LogP contribution in [-0.2, 0) is 0 Å². The zero-order valence-electron chi connectivity index (χ0n) is 15.5. The Labute approximate surface area is 164 Å². The van der Waals surface area contributed by atoms with Crippen LogP contribution in [-0.4, -0.2) is 71.7 Å². The molecule has 8 heteroatoms. The minimum Gasteiger partial charge on any atom is -0.353 e. The van der Waals surface area contributed by atoms with Gasteiger partial charge in [-0.05, 0) is 37.6 Å². The van der Waals surface area contributed by atoms with E-state index >= 15 is 0 Å². The number of hydrogen-bond donors (Lipinski definition) is 1. The van der Waals surface area contributed by atoms with Crippen molar-refractivity contribution in [2.45, 2.75) is 19.9 Å². The third kappa shape index (κ3) is 3.64. The zero-order chi connectivity index (χ0) is 19.0. The molecule has 0 aliphatic carbocycles. The number of benzene rings is 1. The van der Waals surface area contributed by atoms with Crippen LogP contribution < -0.4 is 5.32 Å². The lowest BCUT2D eigenvalue weighted by Crippen LogP contribution is -2.50. The number of rotatable bonds is 2. The van der Waals surface area contributed by atoms with Crippen LogP contribution in [0.15, 0.2) is 40.1 Å². The van der Waals surface area contributed by atoms with E-state index < -0.39 is 0 Å². The largest absolute Gasteiger partial charge is 0.353 e. The van der Waals surface area contributed by atoms with Crippen molar-refractivity contribution in [3.63, 3.8) is 0 Å². The van der Waals surface area contributed by atoms with E-state index in [-0.39, 0.29) is 6.03 Å². The van der Waals surface area contributed by atoms with E-state index in [0.29, 0.717) is 24.2 Å². The van der Waals surface area contributed by atoms with Gasteiger partial charge in [-0.2, -0.15) is 0 Å². The Bertz CT molecular complexity index is 841. The molecule has 0 spiro atoms. The van der Waals surface area contributed by atoms with Crippen LogP contribution in [0.5, 0.6) is 0 Å². The number of nitrogens with one attached hydrogen (secondary N) is 1. The summed E-state index contributed by atoms with van der Waals surface area (Å²) in [6.45, 7) is 7.68. The highest BCUT2D eigenvalue weighted by molar-refractivity contribution is 6.30. The highest BCUT2D eigenvalue weighted by Gasteiger charge is 2.28. The van der Waals surface area contributed by atoms with E-state index in [9.17, 15) is 4.79 Å². The molecule has 1 atom stereocenters. The molecule has 0 aromatic heterocycles. The van der Waals surface area contributed by atoms with Crippen LogP contribution in [0, 0.1) is 6.92 Å². The Morgan fingerprint density at radius 1 is 1.26 bits per heavy atom. The number of nitrogens with zero attached hydrogens (tertiary/aromatic N) is 5. The first-order chi connectivity index (χ1) is 13.0. The Hall–Kier alpha value is -2.54. The van der Waals surface area contributed by atoms with Crippen molar-refractivity contribution in [3.05, 3.63) is 40.7 Å². The van der Waals surface area contributed by atoms with Gasteiger partial charge in [0.25, 0.3) is 0 Å². The number of fused-ring (bicyclic) bond motifs is 1. The van der Waals surface area contributed by atoms with Crippen molar-refractivity contribution in [2.75, 3.05) is 38.0 Å². The summed E-state index contributed by atoms with van der Waals surface area (Å²) in [6.07, 6.45) is 3.91. The maximum atomic E-state index is 12.6. The van der Waals surface area contributed by atoms with Crippen molar-refractivity contribution in [3.8, 4) is 0 Å². The normalized spacial score (nSPS) is 21.7. The van der Waals surface area contributed by atoms with Crippen molar-refractivity contribution >= 4 is 35.5 Å². The van der Waals surface area contributed by atoms with Gasteiger partial charge in [0.15, 0.2) is 0 Å². The van der Waals surface area contributed by atoms with Crippen molar-refractivity contribution in [1.82, 2.24) is 14.7 Å². The van der Waals surface area contributed by atoms with Crippen LogP contribution in [0.25, 0.3) is 0 Å². The third-order valence-electron chi connectivity index (χ3n) is 5.15. The summed E-state index contributed by atoms with van der Waals surface area (Å²) in [6, 6.07) is 5.76. The first-order valence-electron chi connectivity index (χ1n) is 9.17. The van der Waals surface area contributed by atoms with E-state index in [2.05, 4.69) is 32.0 Å². The van der Waals surface area contributed by atoms with Crippen LogP contribution >= 0.6 is 11.6 Å². The molecular formula is C19H23ClN6O. The number of hydrogen-bond acceptors (Lipinski definition) is 5. The molecule has 0 radical (unpaired) electrons. The molecule has 1 N–H and O–H groups in total. The first-order valence-corrected chi connectivity index (χ1v) is 9.55. The van der Waals surface area contributed by atoms with Crippen molar-refractivity contribution in [2.24, 2.45) is 9.98 Å². The summed E-state index contributed by atoms with van der Waals surface area (Å²) >= 11 is 5.98. The second-order valence-corrected chi connectivity index (χ2v) is 7.50. The fraction of sp³-hybridized carbons (Fsp3) is 0.421. The molecule has 1 aromatic carbocycles. The van der Waals surface area contributed by atoms with Gasteiger partial charge in [-0.15, -0.1) is 0 Å². The van der Waals surface area contributed by atoms with Gasteiger partial charge in [-0.3, -0.25) is 4.99 Å². The quantitative estimate of drug-likeness (QED) is 0.850.